The Labute approximate surface area is 113 Å². The number of aromatic nitrogens is 1. The number of ether oxygens (including phenoxy) is 2. The van der Waals surface area contributed by atoms with Gasteiger partial charge in [-0.15, -0.1) is 0 Å². The molecule has 1 heterocycles. The molecule has 0 saturated heterocycles. The summed E-state index contributed by atoms with van der Waals surface area (Å²) < 4.78 is 11.4. The first kappa shape index (κ1) is 13.4. The summed E-state index contributed by atoms with van der Waals surface area (Å²) in [5.41, 5.74) is 1.01. The third-order valence-electron chi connectivity index (χ3n) is 2.57. The van der Waals surface area contributed by atoms with Gasteiger partial charge in [-0.3, -0.25) is 0 Å². The third-order valence-corrected chi connectivity index (χ3v) is 2.57. The van der Waals surface area contributed by atoms with E-state index in [0.717, 1.165) is 11.3 Å². The van der Waals surface area contributed by atoms with Crippen LogP contribution in [0.1, 0.15) is 12.5 Å². The van der Waals surface area contributed by atoms with Crippen molar-refractivity contribution in [3.05, 3.63) is 48.2 Å². The van der Waals surface area contributed by atoms with Gasteiger partial charge in [0.2, 0.25) is 5.88 Å². The van der Waals surface area contributed by atoms with E-state index in [2.05, 4.69) is 10.3 Å². The first-order valence-electron chi connectivity index (χ1n) is 6.33. The standard InChI is InChI=1S/C15H18N2O2/c1-3-18-13-8-4-5-9-14(13)19-15-12(11-16-2)7-6-10-17-15/h4-10,16H,3,11H2,1-2H3. The van der Waals surface area contributed by atoms with Crippen molar-refractivity contribution >= 4 is 0 Å². The summed E-state index contributed by atoms with van der Waals surface area (Å²) in [6.45, 7) is 3.26. The minimum Gasteiger partial charge on any atom is -0.490 e. The normalized spacial score (nSPS) is 10.2. The molecule has 0 fully saturated rings. The van der Waals surface area contributed by atoms with Gasteiger partial charge in [-0.1, -0.05) is 18.2 Å². The smallest absolute Gasteiger partial charge is 0.223 e. The van der Waals surface area contributed by atoms with Gasteiger partial charge in [0.05, 0.1) is 6.61 Å². The molecule has 0 aliphatic rings. The monoisotopic (exact) mass is 258 g/mol. The first-order chi connectivity index (χ1) is 9.35. The Morgan fingerprint density at radius 1 is 1.11 bits per heavy atom. The molecule has 0 unspecified atom stereocenters. The predicted molar refractivity (Wildman–Crippen MR) is 74.7 cm³/mol. The van der Waals surface area contributed by atoms with Gasteiger partial charge in [0.1, 0.15) is 0 Å². The van der Waals surface area contributed by atoms with E-state index in [0.29, 0.717) is 24.8 Å². The molecule has 1 aromatic carbocycles. The molecule has 0 spiro atoms. The summed E-state index contributed by atoms with van der Waals surface area (Å²) in [5.74, 6) is 2.01. The SMILES string of the molecule is CCOc1ccccc1Oc1ncccc1CNC. The van der Waals surface area contributed by atoms with Crippen molar-refractivity contribution in [2.45, 2.75) is 13.5 Å². The first-order valence-corrected chi connectivity index (χ1v) is 6.33. The van der Waals surface area contributed by atoms with Crippen molar-refractivity contribution in [3.8, 4) is 17.4 Å². The highest BCUT2D eigenvalue weighted by atomic mass is 16.5. The van der Waals surface area contributed by atoms with Crippen molar-refractivity contribution in [1.82, 2.24) is 10.3 Å². The zero-order valence-electron chi connectivity index (χ0n) is 11.2. The summed E-state index contributed by atoms with van der Waals surface area (Å²) in [4.78, 5) is 4.28. The van der Waals surface area contributed by atoms with E-state index in [1.54, 1.807) is 6.20 Å². The Bertz CT molecular complexity index is 482. The zero-order chi connectivity index (χ0) is 13.5. The molecule has 0 radical (unpaired) electrons. The van der Waals surface area contributed by atoms with Gasteiger partial charge in [-0.05, 0) is 32.2 Å². The minimum absolute atomic E-state index is 0.601. The molecular formula is C15H18N2O2. The van der Waals surface area contributed by atoms with Gasteiger partial charge >= 0.3 is 0 Å². The second-order valence-corrected chi connectivity index (χ2v) is 3.98. The fourth-order valence-corrected chi connectivity index (χ4v) is 1.75. The summed E-state index contributed by atoms with van der Waals surface area (Å²) in [7, 11) is 1.89. The Morgan fingerprint density at radius 3 is 2.63 bits per heavy atom. The van der Waals surface area contributed by atoms with Crippen LogP contribution in [0.3, 0.4) is 0 Å². The summed E-state index contributed by atoms with van der Waals surface area (Å²) in [5, 5.41) is 3.10. The van der Waals surface area contributed by atoms with E-state index in [1.165, 1.54) is 0 Å². The van der Waals surface area contributed by atoms with Crippen molar-refractivity contribution in [3.63, 3.8) is 0 Å². The second kappa shape index (κ2) is 6.75. The number of pyridine rings is 1. The highest BCUT2D eigenvalue weighted by Crippen LogP contribution is 2.31. The molecule has 100 valence electrons. The fraction of sp³-hybridized carbons (Fsp3) is 0.267. The van der Waals surface area contributed by atoms with Crippen molar-refractivity contribution in [2.24, 2.45) is 0 Å². The number of benzene rings is 1. The number of hydrogen-bond donors (Lipinski definition) is 1. The van der Waals surface area contributed by atoms with E-state index in [-0.39, 0.29) is 0 Å². The lowest BCUT2D eigenvalue weighted by atomic mass is 10.2. The Morgan fingerprint density at radius 2 is 1.89 bits per heavy atom. The molecule has 4 nitrogen and oxygen atoms in total. The van der Waals surface area contributed by atoms with Crippen LogP contribution in [0.15, 0.2) is 42.6 Å². The highest BCUT2D eigenvalue weighted by molar-refractivity contribution is 5.42. The van der Waals surface area contributed by atoms with Crippen LogP contribution in [0.4, 0.5) is 0 Å². The average molecular weight is 258 g/mol. The van der Waals surface area contributed by atoms with Crippen LogP contribution in [0.5, 0.6) is 17.4 Å². The van der Waals surface area contributed by atoms with E-state index in [9.17, 15) is 0 Å². The lowest BCUT2D eigenvalue weighted by molar-refractivity contribution is 0.319. The Balaban J connectivity index is 2.25. The van der Waals surface area contributed by atoms with E-state index in [1.807, 2.05) is 50.4 Å². The Kier molecular flexibility index (Phi) is 4.75. The third kappa shape index (κ3) is 3.45. The van der Waals surface area contributed by atoms with E-state index >= 15 is 0 Å². The molecule has 0 saturated carbocycles. The van der Waals surface area contributed by atoms with E-state index in [4.69, 9.17) is 9.47 Å². The summed E-state index contributed by atoms with van der Waals surface area (Å²) >= 11 is 0. The fourth-order valence-electron chi connectivity index (χ4n) is 1.75. The second-order valence-electron chi connectivity index (χ2n) is 3.98. The zero-order valence-corrected chi connectivity index (χ0v) is 11.2. The van der Waals surface area contributed by atoms with Gasteiger partial charge in [0, 0.05) is 18.3 Å². The van der Waals surface area contributed by atoms with Crippen molar-refractivity contribution in [2.75, 3.05) is 13.7 Å². The number of para-hydroxylation sites is 2. The largest absolute Gasteiger partial charge is 0.490 e. The molecule has 19 heavy (non-hydrogen) atoms. The molecule has 0 atom stereocenters. The average Bonchev–Trinajstić information content (AvgIpc) is 2.44. The van der Waals surface area contributed by atoms with Crippen LogP contribution in [0, 0.1) is 0 Å². The summed E-state index contributed by atoms with van der Waals surface area (Å²) in [6, 6.07) is 11.5. The molecule has 2 aromatic rings. The molecule has 0 aliphatic heterocycles. The molecule has 4 heteroatoms. The van der Waals surface area contributed by atoms with Gasteiger partial charge < -0.3 is 14.8 Å². The van der Waals surface area contributed by atoms with Crippen LogP contribution < -0.4 is 14.8 Å². The van der Waals surface area contributed by atoms with Crippen LogP contribution in [-0.2, 0) is 6.54 Å². The van der Waals surface area contributed by atoms with Crippen LogP contribution >= 0.6 is 0 Å². The maximum atomic E-state index is 5.87. The molecule has 1 aromatic heterocycles. The Hall–Kier alpha value is -2.07. The van der Waals surface area contributed by atoms with Gasteiger partial charge in [-0.25, -0.2) is 4.98 Å². The quantitative estimate of drug-likeness (QED) is 0.865. The number of rotatable bonds is 6. The molecule has 2 rings (SSSR count). The van der Waals surface area contributed by atoms with Crippen LogP contribution in [0.2, 0.25) is 0 Å². The maximum Gasteiger partial charge on any atom is 0.223 e. The van der Waals surface area contributed by atoms with Gasteiger partial charge in [0.15, 0.2) is 11.5 Å². The van der Waals surface area contributed by atoms with Crippen LogP contribution in [-0.4, -0.2) is 18.6 Å². The number of hydrogen-bond acceptors (Lipinski definition) is 4. The van der Waals surface area contributed by atoms with Gasteiger partial charge in [-0.2, -0.15) is 0 Å². The predicted octanol–water partition coefficient (Wildman–Crippen LogP) is 2.99. The van der Waals surface area contributed by atoms with Crippen LogP contribution in [0.25, 0.3) is 0 Å². The lowest BCUT2D eigenvalue weighted by Crippen LogP contribution is -2.07. The topological polar surface area (TPSA) is 43.4 Å². The minimum atomic E-state index is 0.601. The van der Waals surface area contributed by atoms with Gasteiger partial charge in [0.25, 0.3) is 0 Å². The molecule has 1 N–H and O–H groups in total. The number of nitrogens with zero attached hydrogens (tertiary/aromatic N) is 1. The molecular weight excluding hydrogens is 240 g/mol. The van der Waals surface area contributed by atoms with Crippen molar-refractivity contribution in [1.29, 1.82) is 0 Å². The molecule has 0 bridgehead atoms. The van der Waals surface area contributed by atoms with E-state index < -0.39 is 0 Å². The summed E-state index contributed by atoms with van der Waals surface area (Å²) in [6.07, 6.45) is 1.72. The maximum absolute atomic E-state index is 5.87. The van der Waals surface area contributed by atoms with Crippen molar-refractivity contribution < 1.29 is 9.47 Å². The molecule has 0 aliphatic carbocycles. The number of nitrogens with one attached hydrogen (secondary N) is 1. The molecule has 0 amide bonds. The lowest BCUT2D eigenvalue weighted by Gasteiger charge is -2.12. The highest BCUT2D eigenvalue weighted by Gasteiger charge is 2.09.